The molecule has 1 aromatic heterocycles. The molecular weight excluding hydrogens is 300 g/mol. The molecule has 0 saturated heterocycles. The minimum Gasteiger partial charge on any atom is -0.468 e. The topological polar surface area (TPSA) is 45.5 Å². The number of benzene rings is 2. The van der Waals surface area contributed by atoms with Crippen LogP contribution in [0.15, 0.2) is 77.4 Å². The fourth-order valence-corrected chi connectivity index (χ4v) is 2.62. The van der Waals surface area contributed by atoms with E-state index in [9.17, 15) is 4.79 Å². The molecule has 0 fully saturated rings. The second-order valence-corrected chi connectivity index (χ2v) is 5.71. The van der Waals surface area contributed by atoms with Crippen molar-refractivity contribution in [1.82, 2.24) is 4.90 Å². The number of carbonyl (C=O) groups is 1. The standard InChI is InChI=1S/C20H20N2O2/c1-22(14-17-10-7-13-24-17)15-20(23)21-19-12-6-5-11-18(19)16-8-3-2-4-9-16/h2-13H,14-15H2,1H3,(H,21,23). The fourth-order valence-electron chi connectivity index (χ4n) is 2.62. The minimum atomic E-state index is -0.0487. The molecule has 122 valence electrons. The molecule has 24 heavy (non-hydrogen) atoms. The molecule has 3 rings (SSSR count). The van der Waals surface area contributed by atoms with Gasteiger partial charge in [-0.15, -0.1) is 0 Å². The molecule has 0 aliphatic carbocycles. The largest absolute Gasteiger partial charge is 0.468 e. The van der Waals surface area contributed by atoms with E-state index in [0.29, 0.717) is 13.1 Å². The Morgan fingerprint density at radius 2 is 1.75 bits per heavy atom. The van der Waals surface area contributed by atoms with Gasteiger partial charge in [0.2, 0.25) is 5.91 Å². The first-order valence-electron chi connectivity index (χ1n) is 7.87. The van der Waals surface area contributed by atoms with Gasteiger partial charge in [-0.25, -0.2) is 0 Å². The molecule has 0 bridgehead atoms. The summed E-state index contributed by atoms with van der Waals surface area (Å²) >= 11 is 0. The Morgan fingerprint density at radius 3 is 2.50 bits per heavy atom. The summed E-state index contributed by atoms with van der Waals surface area (Å²) in [6.07, 6.45) is 1.64. The minimum absolute atomic E-state index is 0.0487. The number of furan rings is 1. The number of carbonyl (C=O) groups excluding carboxylic acids is 1. The summed E-state index contributed by atoms with van der Waals surface area (Å²) in [5.74, 6) is 0.794. The van der Waals surface area contributed by atoms with Crippen molar-refractivity contribution in [1.29, 1.82) is 0 Å². The lowest BCUT2D eigenvalue weighted by molar-refractivity contribution is -0.117. The molecule has 4 heteroatoms. The molecule has 0 aliphatic rings. The third kappa shape index (κ3) is 4.12. The lowest BCUT2D eigenvalue weighted by atomic mass is 10.0. The summed E-state index contributed by atoms with van der Waals surface area (Å²) in [6.45, 7) is 0.893. The molecule has 0 unspecified atom stereocenters. The van der Waals surface area contributed by atoms with Crippen LogP contribution in [0.25, 0.3) is 11.1 Å². The summed E-state index contributed by atoms with van der Waals surface area (Å²) in [5, 5.41) is 3.01. The van der Waals surface area contributed by atoms with E-state index in [1.165, 1.54) is 0 Å². The maximum Gasteiger partial charge on any atom is 0.238 e. The van der Waals surface area contributed by atoms with Crippen molar-refractivity contribution in [2.24, 2.45) is 0 Å². The number of amides is 1. The van der Waals surface area contributed by atoms with E-state index in [4.69, 9.17) is 4.42 Å². The van der Waals surface area contributed by atoms with Crippen molar-refractivity contribution >= 4 is 11.6 Å². The van der Waals surface area contributed by atoms with Gasteiger partial charge in [0.05, 0.1) is 19.4 Å². The lowest BCUT2D eigenvalue weighted by Gasteiger charge is -2.16. The molecule has 0 saturated carbocycles. The maximum atomic E-state index is 12.4. The average Bonchev–Trinajstić information content (AvgIpc) is 3.09. The SMILES string of the molecule is CN(CC(=O)Nc1ccccc1-c1ccccc1)Cc1ccco1. The van der Waals surface area contributed by atoms with Gasteiger partial charge >= 0.3 is 0 Å². The van der Waals surface area contributed by atoms with Crippen molar-refractivity contribution in [2.75, 3.05) is 18.9 Å². The number of rotatable bonds is 6. The zero-order chi connectivity index (χ0) is 16.8. The van der Waals surface area contributed by atoms with Crippen LogP contribution in [-0.4, -0.2) is 24.4 Å². The maximum absolute atomic E-state index is 12.4. The van der Waals surface area contributed by atoms with Gasteiger partial charge in [0.1, 0.15) is 5.76 Å². The van der Waals surface area contributed by atoms with E-state index < -0.39 is 0 Å². The molecule has 1 N–H and O–H groups in total. The van der Waals surface area contributed by atoms with Crippen molar-refractivity contribution in [3.8, 4) is 11.1 Å². The first-order valence-corrected chi connectivity index (χ1v) is 7.87. The van der Waals surface area contributed by atoms with Crippen molar-refractivity contribution in [2.45, 2.75) is 6.54 Å². The number of anilines is 1. The molecule has 1 heterocycles. The third-order valence-electron chi connectivity index (χ3n) is 3.71. The lowest BCUT2D eigenvalue weighted by Crippen LogP contribution is -2.29. The molecule has 0 radical (unpaired) electrons. The second kappa shape index (κ2) is 7.62. The molecule has 1 amide bonds. The summed E-state index contributed by atoms with van der Waals surface area (Å²) in [6, 6.07) is 21.6. The third-order valence-corrected chi connectivity index (χ3v) is 3.71. The molecule has 2 aromatic carbocycles. The van der Waals surface area contributed by atoms with E-state index in [-0.39, 0.29) is 5.91 Å². The van der Waals surface area contributed by atoms with Crippen LogP contribution in [0.4, 0.5) is 5.69 Å². The Morgan fingerprint density at radius 1 is 1.00 bits per heavy atom. The van der Waals surface area contributed by atoms with Gasteiger partial charge in [-0.3, -0.25) is 9.69 Å². The zero-order valence-corrected chi connectivity index (χ0v) is 13.6. The number of hydrogen-bond acceptors (Lipinski definition) is 3. The van der Waals surface area contributed by atoms with Gasteiger partial charge in [0, 0.05) is 11.3 Å². The van der Waals surface area contributed by atoms with Crippen LogP contribution in [0.3, 0.4) is 0 Å². The first kappa shape index (κ1) is 16.0. The Hall–Kier alpha value is -2.85. The summed E-state index contributed by atoms with van der Waals surface area (Å²) < 4.78 is 5.31. The van der Waals surface area contributed by atoms with Crippen LogP contribution in [-0.2, 0) is 11.3 Å². The number of para-hydroxylation sites is 1. The number of likely N-dealkylation sites (N-methyl/N-ethyl adjacent to an activating group) is 1. The summed E-state index contributed by atoms with van der Waals surface area (Å²) in [7, 11) is 1.89. The molecule has 4 nitrogen and oxygen atoms in total. The molecular formula is C20H20N2O2. The van der Waals surface area contributed by atoms with Gasteiger partial charge in [-0.1, -0.05) is 48.5 Å². The van der Waals surface area contributed by atoms with E-state index >= 15 is 0 Å². The predicted octanol–water partition coefficient (Wildman–Crippen LogP) is 4.02. The highest BCUT2D eigenvalue weighted by Crippen LogP contribution is 2.27. The van der Waals surface area contributed by atoms with Crippen molar-refractivity contribution in [3.63, 3.8) is 0 Å². The van der Waals surface area contributed by atoms with Gasteiger partial charge in [-0.2, -0.15) is 0 Å². The van der Waals surface area contributed by atoms with Crippen LogP contribution in [0.5, 0.6) is 0 Å². The van der Waals surface area contributed by atoms with Crippen molar-refractivity contribution < 1.29 is 9.21 Å². The number of nitrogens with zero attached hydrogens (tertiary/aromatic N) is 1. The van der Waals surface area contributed by atoms with E-state index in [0.717, 1.165) is 22.6 Å². The molecule has 0 aliphatic heterocycles. The summed E-state index contributed by atoms with van der Waals surface area (Å²) in [4.78, 5) is 14.3. The van der Waals surface area contributed by atoms with Gasteiger partial charge in [0.15, 0.2) is 0 Å². The monoisotopic (exact) mass is 320 g/mol. The quantitative estimate of drug-likeness (QED) is 0.746. The molecule has 0 atom stereocenters. The molecule has 0 spiro atoms. The zero-order valence-electron chi connectivity index (χ0n) is 13.6. The highest BCUT2D eigenvalue weighted by atomic mass is 16.3. The predicted molar refractivity (Wildman–Crippen MR) is 95.5 cm³/mol. The van der Waals surface area contributed by atoms with E-state index in [2.05, 4.69) is 5.32 Å². The van der Waals surface area contributed by atoms with Crippen LogP contribution >= 0.6 is 0 Å². The Labute approximate surface area is 141 Å². The normalized spacial score (nSPS) is 10.8. The van der Waals surface area contributed by atoms with Crippen LogP contribution < -0.4 is 5.32 Å². The molecule has 3 aromatic rings. The van der Waals surface area contributed by atoms with Gasteiger partial charge < -0.3 is 9.73 Å². The highest BCUT2D eigenvalue weighted by Gasteiger charge is 2.11. The van der Waals surface area contributed by atoms with E-state index in [1.807, 2.05) is 78.7 Å². The van der Waals surface area contributed by atoms with Crippen LogP contribution in [0.1, 0.15) is 5.76 Å². The first-order chi connectivity index (χ1) is 11.7. The van der Waals surface area contributed by atoms with Crippen LogP contribution in [0, 0.1) is 0 Å². The number of hydrogen-bond donors (Lipinski definition) is 1. The highest BCUT2D eigenvalue weighted by molar-refractivity contribution is 5.96. The van der Waals surface area contributed by atoms with E-state index in [1.54, 1.807) is 6.26 Å². The Kier molecular flexibility index (Phi) is 5.08. The van der Waals surface area contributed by atoms with Crippen LogP contribution in [0.2, 0.25) is 0 Å². The fraction of sp³-hybridized carbons (Fsp3) is 0.150. The average molecular weight is 320 g/mol. The Bertz CT molecular complexity index is 782. The smallest absolute Gasteiger partial charge is 0.238 e. The van der Waals surface area contributed by atoms with Gasteiger partial charge in [0.25, 0.3) is 0 Å². The number of nitrogens with one attached hydrogen (secondary N) is 1. The van der Waals surface area contributed by atoms with Gasteiger partial charge in [-0.05, 0) is 30.8 Å². The second-order valence-electron chi connectivity index (χ2n) is 5.71. The Balaban J connectivity index is 1.66. The van der Waals surface area contributed by atoms with Crippen molar-refractivity contribution in [3.05, 3.63) is 78.8 Å². The summed E-state index contributed by atoms with van der Waals surface area (Å²) in [5.41, 5.74) is 2.91.